The van der Waals surface area contributed by atoms with Crippen LogP contribution in [0.2, 0.25) is 5.02 Å². The molecule has 0 radical (unpaired) electrons. The average Bonchev–Trinajstić information content (AvgIpc) is 2.78. The molecule has 0 spiro atoms. The summed E-state index contributed by atoms with van der Waals surface area (Å²) in [6, 6.07) is 19.9. The van der Waals surface area contributed by atoms with Crippen molar-refractivity contribution in [2.45, 2.75) is 6.61 Å². The van der Waals surface area contributed by atoms with Gasteiger partial charge >= 0.3 is 0 Å². The van der Waals surface area contributed by atoms with Crippen LogP contribution in [0.4, 0.5) is 10.1 Å². The molecule has 0 atom stereocenters. The third-order valence-electron chi connectivity index (χ3n) is 4.33. The number of anilines is 1. The summed E-state index contributed by atoms with van der Waals surface area (Å²) in [6.07, 6.45) is 1.43. The Morgan fingerprint density at radius 1 is 1.13 bits per heavy atom. The number of benzene rings is 3. The fraction of sp³-hybridized carbons (Fsp3) is 0.0833. The maximum Gasteiger partial charge on any atom is 0.266 e. The zero-order chi connectivity index (χ0) is 22.2. The third kappa shape index (κ3) is 5.62. The van der Waals surface area contributed by atoms with Gasteiger partial charge in [0.25, 0.3) is 5.91 Å². The molecule has 0 aliphatic heterocycles. The number of carbonyl (C=O) groups excluding carboxylic acids is 1. The van der Waals surface area contributed by atoms with E-state index in [0.29, 0.717) is 33.3 Å². The van der Waals surface area contributed by atoms with Crippen LogP contribution < -0.4 is 14.8 Å². The van der Waals surface area contributed by atoms with Crippen molar-refractivity contribution in [3.05, 3.63) is 94.3 Å². The SMILES string of the molecule is COc1cc(/C=C(\C#N)C(=O)Nc2ccccc2Cl)ccc1OCc1ccccc1F. The Hall–Kier alpha value is -3.82. The molecule has 0 saturated carbocycles. The fourth-order valence-corrected chi connectivity index (χ4v) is 2.91. The summed E-state index contributed by atoms with van der Waals surface area (Å²) in [5.41, 5.74) is 1.27. The summed E-state index contributed by atoms with van der Waals surface area (Å²) in [4.78, 5) is 12.5. The molecule has 0 saturated heterocycles. The van der Waals surface area contributed by atoms with Crippen LogP contribution in [-0.2, 0) is 11.4 Å². The predicted molar refractivity (Wildman–Crippen MR) is 117 cm³/mol. The number of halogens is 2. The van der Waals surface area contributed by atoms with E-state index in [1.165, 1.54) is 19.3 Å². The number of methoxy groups -OCH3 is 1. The van der Waals surface area contributed by atoms with E-state index in [9.17, 15) is 14.4 Å². The van der Waals surface area contributed by atoms with E-state index in [-0.39, 0.29) is 18.0 Å². The molecule has 5 nitrogen and oxygen atoms in total. The Labute approximate surface area is 184 Å². The van der Waals surface area contributed by atoms with Gasteiger partial charge in [-0.2, -0.15) is 5.26 Å². The topological polar surface area (TPSA) is 71.3 Å². The van der Waals surface area contributed by atoms with E-state index in [0.717, 1.165) is 0 Å². The number of rotatable bonds is 7. The number of amides is 1. The Morgan fingerprint density at radius 2 is 1.87 bits per heavy atom. The van der Waals surface area contributed by atoms with E-state index >= 15 is 0 Å². The molecule has 0 aliphatic carbocycles. The highest BCUT2D eigenvalue weighted by atomic mass is 35.5. The highest BCUT2D eigenvalue weighted by Gasteiger charge is 2.13. The van der Waals surface area contributed by atoms with Gasteiger partial charge < -0.3 is 14.8 Å². The van der Waals surface area contributed by atoms with Crippen LogP contribution in [0, 0.1) is 17.1 Å². The molecule has 31 heavy (non-hydrogen) atoms. The lowest BCUT2D eigenvalue weighted by atomic mass is 10.1. The van der Waals surface area contributed by atoms with Gasteiger partial charge in [-0.25, -0.2) is 4.39 Å². The van der Waals surface area contributed by atoms with E-state index in [4.69, 9.17) is 21.1 Å². The largest absolute Gasteiger partial charge is 0.493 e. The van der Waals surface area contributed by atoms with Crippen LogP contribution in [-0.4, -0.2) is 13.0 Å². The molecule has 0 fully saturated rings. The van der Waals surface area contributed by atoms with E-state index in [1.54, 1.807) is 60.7 Å². The van der Waals surface area contributed by atoms with Crippen molar-refractivity contribution in [1.82, 2.24) is 0 Å². The molecule has 3 aromatic rings. The summed E-state index contributed by atoms with van der Waals surface area (Å²) in [5, 5.41) is 12.4. The molecule has 156 valence electrons. The maximum absolute atomic E-state index is 13.8. The summed E-state index contributed by atoms with van der Waals surface area (Å²) >= 11 is 6.05. The monoisotopic (exact) mass is 436 g/mol. The summed E-state index contributed by atoms with van der Waals surface area (Å²) in [6.45, 7) is 0.0297. The predicted octanol–water partition coefficient (Wildman–Crippen LogP) is 5.61. The lowest BCUT2D eigenvalue weighted by Gasteiger charge is -2.12. The molecule has 0 heterocycles. The van der Waals surface area contributed by atoms with Gasteiger partial charge in [0.2, 0.25) is 0 Å². The zero-order valence-corrected chi connectivity index (χ0v) is 17.3. The number of ether oxygens (including phenoxy) is 2. The Balaban J connectivity index is 1.77. The number of nitrogens with one attached hydrogen (secondary N) is 1. The number of carbonyl (C=O) groups is 1. The van der Waals surface area contributed by atoms with Gasteiger partial charge in [0, 0.05) is 5.56 Å². The Bertz CT molecular complexity index is 1170. The van der Waals surface area contributed by atoms with Crippen molar-refractivity contribution in [3.63, 3.8) is 0 Å². The zero-order valence-electron chi connectivity index (χ0n) is 16.6. The van der Waals surface area contributed by atoms with Crippen molar-refractivity contribution < 1.29 is 18.7 Å². The summed E-state index contributed by atoms with van der Waals surface area (Å²) in [7, 11) is 1.47. The second-order valence-corrected chi connectivity index (χ2v) is 6.80. The number of nitriles is 1. The van der Waals surface area contributed by atoms with Gasteiger partial charge in [-0.15, -0.1) is 0 Å². The van der Waals surface area contributed by atoms with Crippen molar-refractivity contribution in [2.24, 2.45) is 0 Å². The van der Waals surface area contributed by atoms with E-state index in [1.807, 2.05) is 6.07 Å². The second kappa shape index (κ2) is 10.3. The second-order valence-electron chi connectivity index (χ2n) is 6.39. The summed E-state index contributed by atoms with van der Waals surface area (Å²) in [5.74, 6) is -0.158. The highest BCUT2D eigenvalue weighted by molar-refractivity contribution is 6.34. The molecule has 7 heteroatoms. The van der Waals surface area contributed by atoms with Gasteiger partial charge in [0.05, 0.1) is 17.8 Å². The lowest BCUT2D eigenvalue weighted by molar-refractivity contribution is -0.112. The molecule has 1 N–H and O–H groups in total. The van der Waals surface area contributed by atoms with Gasteiger partial charge in [0.15, 0.2) is 11.5 Å². The first-order valence-corrected chi connectivity index (χ1v) is 9.61. The highest BCUT2D eigenvalue weighted by Crippen LogP contribution is 2.30. The minimum Gasteiger partial charge on any atom is -0.493 e. The third-order valence-corrected chi connectivity index (χ3v) is 4.66. The fourth-order valence-electron chi connectivity index (χ4n) is 2.73. The van der Waals surface area contributed by atoms with Crippen molar-refractivity contribution in [1.29, 1.82) is 5.26 Å². The number of hydrogen-bond donors (Lipinski definition) is 1. The van der Waals surface area contributed by atoms with Gasteiger partial charge in [-0.1, -0.05) is 48.0 Å². The molecular formula is C24H18ClFN2O3. The molecule has 0 bridgehead atoms. The first-order chi connectivity index (χ1) is 15.0. The van der Waals surface area contributed by atoms with Crippen molar-refractivity contribution in [3.8, 4) is 17.6 Å². The maximum atomic E-state index is 13.8. The van der Waals surface area contributed by atoms with Gasteiger partial charge in [-0.05, 0) is 42.0 Å². The molecular weight excluding hydrogens is 419 g/mol. The van der Waals surface area contributed by atoms with E-state index in [2.05, 4.69) is 5.32 Å². The molecule has 3 aromatic carbocycles. The van der Waals surface area contributed by atoms with Gasteiger partial charge in [-0.3, -0.25) is 4.79 Å². The van der Waals surface area contributed by atoms with Crippen LogP contribution in [0.15, 0.2) is 72.3 Å². The lowest BCUT2D eigenvalue weighted by Crippen LogP contribution is -2.13. The number of hydrogen-bond acceptors (Lipinski definition) is 4. The molecule has 1 amide bonds. The van der Waals surface area contributed by atoms with Crippen LogP contribution in [0.1, 0.15) is 11.1 Å². The first-order valence-electron chi connectivity index (χ1n) is 9.23. The molecule has 0 aromatic heterocycles. The van der Waals surface area contributed by atoms with Crippen LogP contribution in [0.5, 0.6) is 11.5 Å². The number of nitrogens with zero attached hydrogens (tertiary/aromatic N) is 1. The van der Waals surface area contributed by atoms with Crippen LogP contribution >= 0.6 is 11.6 Å². The van der Waals surface area contributed by atoms with Crippen LogP contribution in [0.3, 0.4) is 0 Å². The first kappa shape index (κ1) is 21.9. The molecule has 0 aliphatic rings. The smallest absolute Gasteiger partial charge is 0.266 e. The van der Waals surface area contributed by atoms with Crippen LogP contribution in [0.25, 0.3) is 6.08 Å². The molecule has 3 rings (SSSR count). The molecule has 0 unspecified atom stereocenters. The normalized spacial score (nSPS) is 10.8. The van der Waals surface area contributed by atoms with Crippen molar-refractivity contribution >= 4 is 29.3 Å². The summed E-state index contributed by atoms with van der Waals surface area (Å²) < 4.78 is 24.8. The minimum absolute atomic E-state index is 0.0297. The quantitative estimate of drug-likeness (QED) is 0.386. The van der Waals surface area contributed by atoms with Gasteiger partial charge in [0.1, 0.15) is 24.1 Å². The standard InChI is InChI=1S/C24H18ClFN2O3/c1-30-23-13-16(10-11-22(23)31-15-17-6-2-4-8-20(17)26)12-18(14-27)24(29)28-21-9-5-3-7-19(21)25/h2-13H,15H2,1H3,(H,28,29)/b18-12+. The average molecular weight is 437 g/mol. The Morgan fingerprint density at radius 3 is 2.58 bits per heavy atom. The minimum atomic E-state index is -0.588. The Kier molecular flexibility index (Phi) is 7.26. The van der Waals surface area contributed by atoms with E-state index < -0.39 is 5.91 Å². The van der Waals surface area contributed by atoms with Crippen molar-refractivity contribution in [2.75, 3.05) is 12.4 Å². The number of para-hydroxylation sites is 1.